The lowest BCUT2D eigenvalue weighted by atomic mass is 10.2. The summed E-state index contributed by atoms with van der Waals surface area (Å²) < 4.78 is 0. The van der Waals surface area contributed by atoms with Gasteiger partial charge in [-0.15, -0.1) is 0 Å². The van der Waals surface area contributed by atoms with Crippen LogP contribution in [0.25, 0.3) is 0 Å². The Kier molecular flexibility index (Phi) is 4.38. The highest BCUT2D eigenvalue weighted by Crippen LogP contribution is 2.32. The molecule has 2 aromatic rings. The third kappa shape index (κ3) is 3.33. The SMILES string of the molecule is Cc1cc(C(=O)Nc2cc(Cl)c(Cl)cc2Cl)cc(N)n1. The van der Waals surface area contributed by atoms with Crippen LogP contribution in [0.15, 0.2) is 24.3 Å². The second-order valence-electron chi connectivity index (χ2n) is 4.12. The van der Waals surface area contributed by atoms with Gasteiger partial charge < -0.3 is 11.1 Å². The van der Waals surface area contributed by atoms with Gasteiger partial charge in [0, 0.05) is 11.3 Å². The van der Waals surface area contributed by atoms with Gasteiger partial charge in [0.1, 0.15) is 5.82 Å². The van der Waals surface area contributed by atoms with Crippen LogP contribution in [-0.2, 0) is 0 Å². The number of anilines is 2. The standard InChI is InChI=1S/C13H10Cl3N3O/c1-6-2-7(3-12(17)18-6)13(20)19-11-5-9(15)8(14)4-10(11)16/h2-5H,1H3,(H2,17,18)(H,19,20). The Balaban J connectivity index is 2.30. The number of carbonyl (C=O) groups is 1. The van der Waals surface area contributed by atoms with E-state index >= 15 is 0 Å². The zero-order chi connectivity index (χ0) is 14.9. The molecule has 0 spiro atoms. The molecule has 0 aliphatic carbocycles. The quantitative estimate of drug-likeness (QED) is 0.811. The van der Waals surface area contributed by atoms with Crippen molar-refractivity contribution in [3.63, 3.8) is 0 Å². The fourth-order valence-electron chi connectivity index (χ4n) is 1.64. The summed E-state index contributed by atoms with van der Waals surface area (Å²) in [5.74, 6) is -0.0853. The number of halogens is 3. The summed E-state index contributed by atoms with van der Waals surface area (Å²) in [6, 6.07) is 6.06. The van der Waals surface area contributed by atoms with E-state index in [0.717, 1.165) is 0 Å². The number of nitrogen functional groups attached to an aromatic ring is 1. The minimum atomic E-state index is -0.359. The number of hydrogen-bond acceptors (Lipinski definition) is 3. The third-order valence-corrected chi connectivity index (χ3v) is 3.53. The van der Waals surface area contributed by atoms with Gasteiger partial charge >= 0.3 is 0 Å². The molecule has 3 N–H and O–H groups in total. The van der Waals surface area contributed by atoms with Gasteiger partial charge in [-0.25, -0.2) is 4.98 Å². The highest BCUT2D eigenvalue weighted by Gasteiger charge is 2.12. The van der Waals surface area contributed by atoms with Crippen molar-refractivity contribution in [3.8, 4) is 0 Å². The average Bonchev–Trinajstić information content (AvgIpc) is 2.34. The molecule has 0 fully saturated rings. The van der Waals surface area contributed by atoms with Gasteiger partial charge in [-0.1, -0.05) is 34.8 Å². The summed E-state index contributed by atoms with van der Waals surface area (Å²) in [6.07, 6.45) is 0. The molecule has 2 rings (SSSR count). The first-order valence-electron chi connectivity index (χ1n) is 5.57. The zero-order valence-corrected chi connectivity index (χ0v) is 12.6. The van der Waals surface area contributed by atoms with Crippen LogP contribution in [0.5, 0.6) is 0 Å². The summed E-state index contributed by atoms with van der Waals surface area (Å²) in [5, 5.41) is 3.57. The Bertz CT molecular complexity index is 669. The number of rotatable bonds is 2. The summed E-state index contributed by atoms with van der Waals surface area (Å²) in [7, 11) is 0. The first-order valence-corrected chi connectivity index (χ1v) is 6.70. The number of aromatic nitrogens is 1. The van der Waals surface area contributed by atoms with E-state index in [0.29, 0.717) is 32.0 Å². The number of nitrogens with zero attached hydrogens (tertiary/aromatic N) is 1. The summed E-state index contributed by atoms with van der Waals surface area (Å²) in [5.41, 5.74) is 7.02. The minimum absolute atomic E-state index is 0.274. The fourth-order valence-corrected chi connectivity index (χ4v) is 2.23. The van der Waals surface area contributed by atoms with Crippen molar-refractivity contribution in [2.24, 2.45) is 0 Å². The first-order chi connectivity index (χ1) is 9.36. The van der Waals surface area contributed by atoms with E-state index in [4.69, 9.17) is 40.5 Å². The van der Waals surface area contributed by atoms with Gasteiger partial charge in [0.25, 0.3) is 5.91 Å². The van der Waals surface area contributed by atoms with Crippen molar-refractivity contribution in [2.45, 2.75) is 6.92 Å². The normalized spacial score (nSPS) is 10.4. The number of amides is 1. The molecule has 1 heterocycles. The lowest BCUT2D eigenvalue weighted by Crippen LogP contribution is -2.13. The zero-order valence-electron chi connectivity index (χ0n) is 10.4. The summed E-state index contributed by atoms with van der Waals surface area (Å²) >= 11 is 17.7. The van der Waals surface area contributed by atoms with Gasteiger partial charge in [-0.05, 0) is 31.2 Å². The van der Waals surface area contributed by atoms with Crippen molar-refractivity contribution in [3.05, 3.63) is 50.6 Å². The summed E-state index contributed by atoms with van der Waals surface area (Å²) in [6.45, 7) is 1.75. The molecule has 20 heavy (non-hydrogen) atoms. The van der Waals surface area contributed by atoms with E-state index in [2.05, 4.69) is 10.3 Å². The van der Waals surface area contributed by atoms with Gasteiger partial charge in [0.2, 0.25) is 0 Å². The highest BCUT2D eigenvalue weighted by molar-refractivity contribution is 6.44. The van der Waals surface area contributed by atoms with Crippen LogP contribution in [0.4, 0.5) is 11.5 Å². The number of benzene rings is 1. The molecular weight excluding hydrogens is 321 g/mol. The monoisotopic (exact) mass is 329 g/mol. The Labute approximate surface area is 130 Å². The van der Waals surface area contributed by atoms with E-state index in [-0.39, 0.29) is 11.7 Å². The lowest BCUT2D eigenvalue weighted by Gasteiger charge is -2.09. The molecule has 1 aromatic heterocycles. The maximum absolute atomic E-state index is 12.1. The number of hydrogen-bond donors (Lipinski definition) is 2. The fraction of sp³-hybridized carbons (Fsp3) is 0.0769. The molecular formula is C13H10Cl3N3O. The molecule has 0 aliphatic rings. The molecule has 0 saturated carbocycles. The molecule has 0 atom stereocenters. The maximum Gasteiger partial charge on any atom is 0.255 e. The van der Waals surface area contributed by atoms with Crippen LogP contribution >= 0.6 is 34.8 Å². The molecule has 0 saturated heterocycles. The molecule has 1 amide bonds. The second-order valence-corrected chi connectivity index (χ2v) is 5.34. The molecule has 0 unspecified atom stereocenters. The van der Waals surface area contributed by atoms with Crippen LogP contribution in [0.3, 0.4) is 0 Å². The molecule has 7 heteroatoms. The van der Waals surface area contributed by atoms with Gasteiger partial charge in [0.15, 0.2) is 0 Å². The van der Waals surface area contributed by atoms with E-state index < -0.39 is 0 Å². The second kappa shape index (κ2) is 5.87. The van der Waals surface area contributed by atoms with Crippen molar-refractivity contribution in [1.82, 2.24) is 4.98 Å². The Morgan fingerprint density at radius 2 is 1.75 bits per heavy atom. The maximum atomic E-state index is 12.1. The number of nitrogens with two attached hydrogens (primary N) is 1. The lowest BCUT2D eigenvalue weighted by molar-refractivity contribution is 0.102. The largest absolute Gasteiger partial charge is 0.384 e. The van der Waals surface area contributed by atoms with Gasteiger partial charge in [-0.2, -0.15) is 0 Å². The Morgan fingerprint density at radius 1 is 1.10 bits per heavy atom. The summed E-state index contributed by atoms with van der Waals surface area (Å²) in [4.78, 5) is 16.1. The van der Waals surface area contributed by atoms with E-state index in [9.17, 15) is 4.79 Å². The van der Waals surface area contributed by atoms with E-state index in [1.807, 2.05) is 0 Å². The van der Waals surface area contributed by atoms with Crippen LogP contribution in [0.2, 0.25) is 15.1 Å². The Hall–Kier alpha value is -1.49. The van der Waals surface area contributed by atoms with Crippen molar-refractivity contribution >= 4 is 52.2 Å². The number of nitrogens with one attached hydrogen (secondary N) is 1. The smallest absolute Gasteiger partial charge is 0.255 e. The predicted octanol–water partition coefficient (Wildman–Crippen LogP) is 4.18. The molecule has 0 bridgehead atoms. The molecule has 104 valence electrons. The average molecular weight is 331 g/mol. The van der Waals surface area contributed by atoms with Crippen molar-refractivity contribution in [1.29, 1.82) is 0 Å². The van der Waals surface area contributed by atoms with Crippen LogP contribution in [0, 0.1) is 6.92 Å². The molecule has 1 aromatic carbocycles. The van der Waals surface area contributed by atoms with Crippen LogP contribution < -0.4 is 11.1 Å². The van der Waals surface area contributed by atoms with Crippen LogP contribution in [0.1, 0.15) is 16.1 Å². The van der Waals surface area contributed by atoms with E-state index in [1.165, 1.54) is 18.2 Å². The number of carbonyl (C=O) groups excluding carboxylic acids is 1. The Morgan fingerprint density at radius 3 is 2.40 bits per heavy atom. The van der Waals surface area contributed by atoms with Crippen molar-refractivity contribution < 1.29 is 4.79 Å². The third-order valence-electron chi connectivity index (χ3n) is 2.49. The van der Waals surface area contributed by atoms with E-state index in [1.54, 1.807) is 13.0 Å². The number of pyridine rings is 1. The molecule has 0 aliphatic heterocycles. The van der Waals surface area contributed by atoms with Gasteiger partial charge in [0.05, 0.1) is 20.8 Å². The molecule has 0 radical (unpaired) electrons. The number of aryl methyl sites for hydroxylation is 1. The van der Waals surface area contributed by atoms with Crippen molar-refractivity contribution in [2.75, 3.05) is 11.1 Å². The first kappa shape index (κ1) is 14.9. The molecule has 4 nitrogen and oxygen atoms in total. The van der Waals surface area contributed by atoms with Crippen LogP contribution in [-0.4, -0.2) is 10.9 Å². The topological polar surface area (TPSA) is 68.0 Å². The highest BCUT2D eigenvalue weighted by atomic mass is 35.5. The minimum Gasteiger partial charge on any atom is -0.384 e. The predicted molar refractivity (Wildman–Crippen MR) is 82.8 cm³/mol. The van der Waals surface area contributed by atoms with Gasteiger partial charge in [-0.3, -0.25) is 4.79 Å².